The molecule has 0 aliphatic heterocycles. The molecule has 0 heterocycles. The number of hydrogen-bond acceptors (Lipinski definition) is 1. The molecule has 0 unspecified atom stereocenters. The van der Waals surface area contributed by atoms with E-state index in [1.54, 1.807) is 5.57 Å². The average molecular weight is 397 g/mol. The van der Waals surface area contributed by atoms with Crippen LogP contribution in [0.5, 0.6) is 0 Å². The molecule has 162 valence electrons. The average Bonchev–Trinajstić information content (AvgIpc) is 3.03. The highest BCUT2D eigenvalue weighted by molar-refractivity contribution is 5.38. The van der Waals surface area contributed by atoms with Gasteiger partial charge in [0.2, 0.25) is 0 Å². The predicted octanol–water partition coefficient (Wildman–Crippen LogP) is 7.47. The molecule has 0 bridgehead atoms. The van der Waals surface area contributed by atoms with Crippen molar-refractivity contribution in [1.82, 2.24) is 0 Å². The third kappa shape index (κ3) is 3.50. The highest BCUT2D eigenvalue weighted by atomic mass is 16.3. The lowest BCUT2D eigenvalue weighted by molar-refractivity contribution is 0.0326. The van der Waals surface area contributed by atoms with E-state index in [0.29, 0.717) is 16.7 Å². The van der Waals surface area contributed by atoms with Gasteiger partial charge in [-0.3, -0.25) is 0 Å². The molecule has 0 aromatic rings. The molecule has 7 atom stereocenters. The van der Waals surface area contributed by atoms with E-state index in [1.165, 1.54) is 56.1 Å². The summed E-state index contributed by atoms with van der Waals surface area (Å²) in [5.41, 5.74) is 5.53. The van der Waals surface area contributed by atoms with Crippen molar-refractivity contribution in [2.24, 2.45) is 40.4 Å². The Balaban J connectivity index is 1.53. The molecule has 1 N–H and O–H groups in total. The lowest BCUT2D eigenvalue weighted by Gasteiger charge is -2.55. The van der Waals surface area contributed by atoms with Gasteiger partial charge in [0.15, 0.2) is 0 Å². The first-order chi connectivity index (χ1) is 13.7. The summed E-state index contributed by atoms with van der Waals surface area (Å²) in [6, 6.07) is 0. The molecule has 1 nitrogen and oxygen atoms in total. The summed E-state index contributed by atoms with van der Waals surface area (Å²) < 4.78 is 0. The van der Waals surface area contributed by atoms with Crippen molar-refractivity contribution in [3.05, 3.63) is 35.5 Å². The van der Waals surface area contributed by atoms with Crippen LogP contribution in [0.25, 0.3) is 0 Å². The molecule has 0 amide bonds. The summed E-state index contributed by atoms with van der Waals surface area (Å²) in [6.07, 6.45) is 15.9. The van der Waals surface area contributed by atoms with E-state index >= 15 is 0 Å². The highest BCUT2D eigenvalue weighted by Gasteiger charge is 2.56. The Morgan fingerprint density at radius 2 is 1.83 bits per heavy atom. The summed E-state index contributed by atoms with van der Waals surface area (Å²) in [4.78, 5) is 0. The van der Waals surface area contributed by atoms with E-state index in [2.05, 4.69) is 53.3 Å². The second-order valence-electron chi connectivity index (χ2n) is 11.8. The Morgan fingerprint density at radius 1 is 1.07 bits per heavy atom. The maximum absolute atomic E-state index is 10.2. The number of rotatable bonds is 5. The van der Waals surface area contributed by atoms with Crippen molar-refractivity contribution in [3.63, 3.8) is 0 Å². The van der Waals surface area contributed by atoms with Gasteiger partial charge in [0, 0.05) is 0 Å². The maximum atomic E-state index is 10.2. The fourth-order valence-corrected chi connectivity index (χ4v) is 7.86. The van der Waals surface area contributed by atoms with Crippen LogP contribution in [0.1, 0.15) is 92.4 Å². The molecule has 0 spiro atoms. The van der Waals surface area contributed by atoms with E-state index in [9.17, 15) is 5.11 Å². The smallest absolute Gasteiger partial charge is 0.0578 e. The van der Waals surface area contributed by atoms with Gasteiger partial charge in [0.1, 0.15) is 0 Å². The van der Waals surface area contributed by atoms with Gasteiger partial charge in [-0.25, -0.2) is 0 Å². The van der Waals surface area contributed by atoms with Crippen LogP contribution in [0.2, 0.25) is 0 Å². The minimum Gasteiger partial charge on any atom is -0.393 e. The lowest BCUT2D eigenvalue weighted by atomic mass is 9.50. The Morgan fingerprint density at radius 3 is 2.55 bits per heavy atom. The summed E-state index contributed by atoms with van der Waals surface area (Å²) >= 11 is 0. The maximum Gasteiger partial charge on any atom is 0.0578 e. The molecule has 3 saturated carbocycles. The molecule has 3 fully saturated rings. The van der Waals surface area contributed by atoms with E-state index < -0.39 is 0 Å². The van der Waals surface area contributed by atoms with Gasteiger partial charge >= 0.3 is 0 Å². The number of allylic oxidation sites excluding steroid dienone is 4. The van der Waals surface area contributed by atoms with Crippen LogP contribution >= 0.6 is 0 Å². The van der Waals surface area contributed by atoms with Crippen LogP contribution in [0.3, 0.4) is 0 Å². The molecule has 4 rings (SSSR count). The van der Waals surface area contributed by atoms with Crippen molar-refractivity contribution in [1.29, 1.82) is 0 Å². The number of hydrogen-bond donors (Lipinski definition) is 1. The van der Waals surface area contributed by atoms with Gasteiger partial charge in [-0.1, -0.05) is 70.1 Å². The molecular formula is C28H44O. The number of aliphatic hydroxyl groups excluding tert-OH is 1. The molecule has 0 saturated heterocycles. The summed E-state index contributed by atoms with van der Waals surface area (Å²) in [6.45, 7) is 16.6. The Hall–Kier alpha value is -0.820. The summed E-state index contributed by atoms with van der Waals surface area (Å²) in [7, 11) is 0. The van der Waals surface area contributed by atoms with Crippen LogP contribution in [-0.2, 0) is 0 Å². The number of aliphatic hydroxyl groups is 1. The fourth-order valence-electron chi connectivity index (χ4n) is 7.86. The van der Waals surface area contributed by atoms with Crippen molar-refractivity contribution in [2.75, 3.05) is 0 Å². The van der Waals surface area contributed by atoms with Crippen molar-refractivity contribution >= 4 is 0 Å². The monoisotopic (exact) mass is 396 g/mol. The zero-order valence-corrected chi connectivity index (χ0v) is 19.6. The first-order valence-electron chi connectivity index (χ1n) is 12.4. The second-order valence-corrected chi connectivity index (χ2v) is 11.8. The summed E-state index contributed by atoms with van der Waals surface area (Å²) in [5, 5.41) is 10.2. The van der Waals surface area contributed by atoms with Crippen LogP contribution in [0.15, 0.2) is 35.5 Å². The van der Waals surface area contributed by atoms with Crippen LogP contribution in [0, 0.1) is 40.4 Å². The third-order valence-electron chi connectivity index (χ3n) is 10.0. The Kier molecular flexibility index (Phi) is 5.69. The molecule has 0 aromatic heterocycles. The van der Waals surface area contributed by atoms with Gasteiger partial charge in [-0.05, 0) is 98.2 Å². The third-order valence-corrected chi connectivity index (χ3v) is 10.0. The Labute approximate surface area is 179 Å². The van der Waals surface area contributed by atoms with Crippen LogP contribution in [-0.4, -0.2) is 11.2 Å². The molecule has 1 heteroatoms. The molecule has 0 radical (unpaired) electrons. The molecule has 0 aromatic carbocycles. The highest BCUT2D eigenvalue weighted by Crippen LogP contribution is 2.66. The van der Waals surface area contributed by atoms with E-state index in [4.69, 9.17) is 0 Å². The fraction of sp³-hybridized carbons (Fsp3) is 0.786. The predicted molar refractivity (Wildman–Crippen MR) is 124 cm³/mol. The van der Waals surface area contributed by atoms with Gasteiger partial charge in [0.05, 0.1) is 6.10 Å². The van der Waals surface area contributed by atoms with Crippen molar-refractivity contribution in [2.45, 2.75) is 98.5 Å². The lowest BCUT2D eigenvalue weighted by Crippen LogP contribution is -2.46. The molecule has 29 heavy (non-hydrogen) atoms. The van der Waals surface area contributed by atoms with Gasteiger partial charge in [0.25, 0.3) is 0 Å². The standard InChI is InChI=1S/C28H44O/c1-18(2)19(3)7-8-20(4)24-11-12-25-23-10-9-21-17-22(29)13-15-27(21,5)26(23)14-16-28(24,25)6/h9-10,18,20,22,24-26,29H,3,7-8,11-17H2,1-2,4-6H3/t20-,22+,24-,25-,26-,27+,28-/m1/s1. The first kappa shape index (κ1) is 21.4. The van der Waals surface area contributed by atoms with Crippen molar-refractivity contribution < 1.29 is 5.11 Å². The quantitative estimate of drug-likeness (QED) is 0.478. The SMILES string of the molecule is C=C(CC[C@@H](C)[C@H]1CC[C@@H]2C3=CC=C4C[C@@H](O)CC[C@]4(C)[C@@H]3CC[C@@]21C)C(C)C. The van der Waals surface area contributed by atoms with Gasteiger partial charge < -0.3 is 5.11 Å². The van der Waals surface area contributed by atoms with Crippen LogP contribution < -0.4 is 0 Å². The minimum absolute atomic E-state index is 0.115. The van der Waals surface area contributed by atoms with Gasteiger partial charge in [-0.2, -0.15) is 0 Å². The second kappa shape index (κ2) is 7.70. The molecule has 4 aliphatic carbocycles. The van der Waals surface area contributed by atoms with Crippen LogP contribution in [0.4, 0.5) is 0 Å². The zero-order valence-electron chi connectivity index (χ0n) is 19.6. The van der Waals surface area contributed by atoms with E-state index in [-0.39, 0.29) is 6.10 Å². The Bertz CT molecular complexity index is 712. The number of fused-ring (bicyclic) bond motifs is 5. The first-order valence-corrected chi connectivity index (χ1v) is 12.4. The topological polar surface area (TPSA) is 20.2 Å². The van der Waals surface area contributed by atoms with E-state index in [0.717, 1.165) is 36.5 Å². The summed E-state index contributed by atoms with van der Waals surface area (Å²) in [5.74, 6) is 3.78. The van der Waals surface area contributed by atoms with Gasteiger partial charge in [-0.15, -0.1) is 0 Å². The zero-order chi connectivity index (χ0) is 21.0. The minimum atomic E-state index is -0.115. The molecular weight excluding hydrogens is 352 g/mol. The molecule has 4 aliphatic rings. The van der Waals surface area contributed by atoms with Crippen molar-refractivity contribution in [3.8, 4) is 0 Å². The largest absolute Gasteiger partial charge is 0.393 e. The normalized spacial score (nSPS) is 42.4. The van der Waals surface area contributed by atoms with E-state index in [1.807, 2.05) is 0 Å².